The molecular weight excluding hydrogens is 1950 g/mol. The van der Waals surface area contributed by atoms with Crippen molar-refractivity contribution in [2.45, 2.75) is 0 Å². The molecule has 15 aromatic rings. The second-order valence-electron chi connectivity index (χ2n) is 31.0. The van der Waals surface area contributed by atoms with Crippen LogP contribution in [-0.4, -0.2) is 165 Å². The molecule has 0 atom stereocenters. The second-order valence-corrected chi connectivity index (χ2v) is 31.0. The fourth-order valence-electron chi connectivity index (χ4n) is 13.4. The van der Waals surface area contributed by atoms with Crippen LogP contribution >= 0.6 is 0 Å². The van der Waals surface area contributed by atoms with E-state index in [1.54, 1.807) is 0 Å². The van der Waals surface area contributed by atoms with Gasteiger partial charge in [0, 0.05) is 84.9 Å². The summed E-state index contributed by atoms with van der Waals surface area (Å²) in [5, 5.41) is 163. The number of carbonyl (C=O) groups is 14. The molecule has 742 valence electrons. The average molecular weight is 2020 g/mol. The minimum absolute atomic E-state index is 0.442. The third kappa shape index (κ3) is 26.0. The number of benzene rings is 15. The Bertz CT molecular complexity index is 6670. The first-order valence-corrected chi connectivity index (χ1v) is 41.7. The smallest absolute Gasteiger partial charge is 0.343 e. The zero-order chi connectivity index (χ0) is 106. The van der Waals surface area contributed by atoms with E-state index in [9.17, 15) is 149 Å². The summed E-state index contributed by atoms with van der Waals surface area (Å²) in [6.07, 6.45) is 0. The summed E-state index contributed by atoms with van der Waals surface area (Å²) in [5.41, 5.74) is -7.99. The Morgan fingerprint density at radius 2 is 0.176 bits per heavy atom. The monoisotopic (exact) mass is 2010 g/mol. The van der Waals surface area contributed by atoms with Crippen molar-refractivity contribution in [3.63, 3.8) is 0 Å². The molecule has 0 aliphatic rings. The van der Waals surface area contributed by atoms with E-state index in [2.05, 4.69) is 0 Å². The Balaban J connectivity index is 0.762. The van der Waals surface area contributed by atoms with Gasteiger partial charge in [-0.15, -0.1) is 0 Å². The molecule has 16 N–H and O–H groups in total. The van der Waals surface area contributed by atoms with Gasteiger partial charge in [0.05, 0.1) is 77.9 Å². The standard InChI is InChI=1S/C104H62O44/c105-61-5-47(6-62(106)33-61)91(121)137-79-25-57(26-80(41-79)138-92(122)48-7-63(107)34-64(108)8-48)101(131)145-87-21-55(22-88(45-87)146-102(132)58-27-81(139-93(123)49-9-65(109)35-66(110)10-49)42-82(28-58)140-94(124)50-11-67(111)36-68(112)12-50)99(129)135-77-1-2-78(4-3-77)136-100(130)56-23-89(147-103(133)59-29-83(141-95(125)51-13-69(113)37-70(114)14-51)43-84(30-59)142-96(126)52-15-71(115)38-72(116)16-52)46-90(24-56)148-104(134)60-31-85(143-97(127)53-17-73(117)39-74(118)18-53)44-86(32-60)144-98(128)54-19-75(119)40-76(120)20-54/h1-46,105-120H. The van der Waals surface area contributed by atoms with Crippen LogP contribution in [0.2, 0.25) is 0 Å². The predicted octanol–water partition coefficient (Wildman–Crippen LogP) is 14.0. The van der Waals surface area contributed by atoms with E-state index >= 15 is 0 Å². The number of phenols is 16. The van der Waals surface area contributed by atoms with Crippen LogP contribution < -0.4 is 66.3 Å². The Labute approximate surface area is 824 Å². The van der Waals surface area contributed by atoms with Crippen LogP contribution in [0.15, 0.2) is 279 Å². The lowest BCUT2D eigenvalue weighted by Gasteiger charge is -2.14. The van der Waals surface area contributed by atoms with Crippen molar-refractivity contribution < 1.29 is 215 Å². The minimum Gasteiger partial charge on any atom is -0.508 e. The van der Waals surface area contributed by atoms with Crippen molar-refractivity contribution in [2.75, 3.05) is 0 Å². The van der Waals surface area contributed by atoms with Crippen molar-refractivity contribution >= 4 is 83.6 Å². The fourth-order valence-corrected chi connectivity index (χ4v) is 13.4. The molecule has 0 fully saturated rings. The van der Waals surface area contributed by atoms with Crippen LogP contribution in [0, 0.1) is 0 Å². The first-order valence-electron chi connectivity index (χ1n) is 41.7. The molecule has 0 aliphatic heterocycles. The van der Waals surface area contributed by atoms with Crippen LogP contribution in [0.25, 0.3) is 0 Å². The normalized spacial score (nSPS) is 10.7. The van der Waals surface area contributed by atoms with Crippen molar-refractivity contribution in [3.05, 3.63) is 357 Å². The van der Waals surface area contributed by atoms with Gasteiger partial charge in [-0.1, -0.05) is 0 Å². The maximum Gasteiger partial charge on any atom is 0.343 e. The van der Waals surface area contributed by atoms with Gasteiger partial charge >= 0.3 is 83.6 Å². The van der Waals surface area contributed by atoms with E-state index in [-0.39, 0.29) is 0 Å². The number of phenolic OH excluding ortho intramolecular Hbond substituents is 16. The number of carbonyl (C=O) groups excluding carboxylic acids is 14. The number of hydrogen-bond donors (Lipinski definition) is 16. The maximum atomic E-state index is 14.7. The number of aromatic hydroxyl groups is 16. The third-order valence-electron chi connectivity index (χ3n) is 19.6. The van der Waals surface area contributed by atoms with E-state index in [0.717, 1.165) is 279 Å². The third-order valence-corrected chi connectivity index (χ3v) is 19.6. The van der Waals surface area contributed by atoms with E-state index in [1.165, 1.54) is 0 Å². The minimum atomic E-state index is -1.50. The molecule has 44 heteroatoms. The summed E-state index contributed by atoms with van der Waals surface area (Å²) in [4.78, 5) is 197. The second kappa shape index (κ2) is 42.6. The highest BCUT2D eigenvalue weighted by molar-refractivity contribution is 6.03. The highest BCUT2D eigenvalue weighted by atomic mass is 16.6. The molecule has 0 saturated carbocycles. The lowest BCUT2D eigenvalue weighted by atomic mass is 10.1. The topological polar surface area (TPSA) is 692 Å². The molecule has 0 radical (unpaired) electrons. The number of esters is 14. The summed E-state index contributed by atoms with van der Waals surface area (Å²) >= 11 is 0. The molecule has 15 aromatic carbocycles. The average Bonchev–Trinajstić information content (AvgIpc) is 0.808. The van der Waals surface area contributed by atoms with Gasteiger partial charge in [0.1, 0.15) is 172 Å². The zero-order valence-corrected chi connectivity index (χ0v) is 74.1. The van der Waals surface area contributed by atoms with Crippen molar-refractivity contribution in [2.24, 2.45) is 0 Å². The van der Waals surface area contributed by atoms with Gasteiger partial charge < -0.3 is 148 Å². The molecule has 0 amide bonds. The predicted molar refractivity (Wildman–Crippen MR) is 493 cm³/mol. The quantitative estimate of drug-likeness (QED) is 0.0160. The van der Waals surface area contributed by atoms with Crippen LogP contribution in [-0.2, 0) is 0 Å². The van der Waals surface area contributed by atoms with Crippen LogP contribution in [0.5, 0.6) is 172 Å². The van der Waals surface area contributed by atoms with E-state index in [4.69, 9.17) is 66.3 Å². The molecule has 0 aliphatic carbocycles. The maximum absolute atomic E-state index is 14.7. The number of rotatable bonds is 28. The van der Waals surface area contributed by atoms with Gasteiger partial charge in [0.25, 0.3) is 0 Å². The molecule has 0 aromatic heterocycles. The van der Waals surface area contributed by atoms with Crippen molar-refractivity contribution in [1.82, 2.24) is 0 Å². The molecule has 0 spiro atoms. The highest BCUT2D eigenvalue weighted by Crippen LogP contribution is 2.39. The van der Waals surface area contributed by atoms with Gasteiger partial charge in [-0.05, 0) is 194 Å². The number of hydrogen-bond acceptors (Lipinski definition) is 44. The first-order chi connectivity index (χ1) is 70.3. The Morgan fingerprint density at radius 3 is 0.264 bits per heavy atom. The van der Waals surface area contributed by atoms with E-state index in [0.29, 0.717) is 0 Å². The first kappa shape index (κ1) is 100. The molecular formula is C104H62O44. The molecule has 148 heavy (non-hydrogen) atoms. The largest absolute Gasteiger partial charge is 0.508 e. The Hall–Kier alpha value is -22.3. The van der Waals surface area contributed by atoms with Gasteiger partial charge in [-0.2, -0.15) is 0 Å². The Morgan fingerprint density at radius 1 is 0.101 bits per heavy atom. The van der Waals surface area contributed by atoms with Gasteiger partial charge in [-0.3, -0.25) is 0 Å². The summed E-state index contributed by atoms with van der Waals surface area (Å²) in [5.74, 6) is -38.2. The molecule has 44 nitrogen and oxygen atoms in total. The Kier molecular flexibility index (Phi) is 28.8. The summed E-state index contributed by atoms with van der Waals surface area (Å²) in [7, 11) is 0. The van der Waals surface area contributed by atoms with Crippen LogP contribution in [0.1, 0.15) is 145 Å². The number of ether oxygens (including phenoxy) is 14. The highest BCUT2D eigenvalue weighted by Gasteiger charge is 2.30. The van der Waals surface area contributed by atoms with Crippen LogP contribution in [0.3, 0.4) is 0 Å². The molecule has 0 heterocycles. The van der Waals surface area contributed by atoms with Crippen molar-refractivity contribution in [1.29, 1.82) is 0 Å². The molecule has 0 saturated heterocycles. The molecule has 0 unspecified atom stereocenters. The van der Waals surface area contributed by atoms with E-state index < -0.39 is 334 Å². The summed E-state index contributed by atoms with van der Waals surface area (Å²) in [6.45, 7) is 0. The molecule has 15 rings (SSSR count). The SMILES string of the molecule is O=C(Oc1cc(OC(=O)c2cc(O)cc(O)c2)cc(C(=O)Oc2cc(OC(=O)c3cc(OC(=O)c4cc(O)cc(O)c4)cc(OC(=O)c4cc(O)cc(O)c4)c3)cc(C(=O)Oc3ccc(OC(=O)c4cc(OC(=O)c5cc(OC(=O)c6cc(O)cc(O)c6)cc(OC(=O)c6cc(O)cc(O)c6)c5)cc(OC(=O)c5cc(OC(=O)c6cc(O)cc(O)c6)cc(OC(=O)c6cc(O)cc(O)c6)c5)c4)cc3)c2)c1)c1cc(O)cc(O)c1. The van der Waals surface area contributed by atoms with E-state index in [1.807, 2.05) is 0 Å². The van der Waals surface area contributed by atoms with Gasteiger partial charge in [-0.25, -0.2) is 67.1 Å². The molecule has 0 bridgehead atoms. The van der Waals surface area contributed by atoms with Gasteiger partial charge in [0.2, 0.25) is 0 Å². The lowest BCUT2D eigenvalue weighted by molar-refractivity contribution is 0.0693. The van der Waals surface area contributed by atoms with Crippen molar-refractivity contribution in [3.8, 4) is 172 Å². The summed E-state index contributed by atoms with van der Waals surface area (Å²) in [6, 6.07) is 39.9. The fraction of sp³-hybridized carbons (Fsp3) is 0. The zero-order valence-electron chi connectivity index (χ0n) is 74.1. The lowest BCUT2D eigenvalue weighted by Crippen LogP contribution is -2.15. The van der Waals surface area contributed by atoms with Crippen LogP contribution in [0.4, 0.5) is 0 Å². The van der Waals surface area contributed by atoms with Gasteiger partial charge in [0.15, 0.2) is 0 Å². The summed E-state index contributed by atoms with van der Waals surface area (Å²) < 4.78 is 78.1.